The Hall–Kier alpha value is -2.64. The summed E-state index contributed by atoms with van der Waals surface area (Å²) < 4.78 is 5.51. The van der Waals surface area contributed by atoms with Gasteiger partial charge in [0.25, 0.3) is 0 Å². The summed E-state index contributed by atoms with van der Waals surface area (Å²) in [7, 11) is 0. The third-order valence-corrected chi connectivity index (χ3v) is 6.09. The summed E-state index contributed by atoms with van der Waals surface area (Å²) in [5.41, 5.74) is 2.73. The van der Waals surface area contributed by atoms with Crippen molar-refractivity contribution < 1.29 is 4.42 Å². The van der Waals surface area contributed by atoms with Crippen LogP contribution in [0, 0.1) is 16.7 Å². The van der Waals surface area contributed by atoms with Crippen LogP contribution < -0.4 is 0 Å². The molecule has 0 bridgehead atoms. The molecule has 27 heavy (non-hydrogen) atoms. The van der Waals surface area contributed by atoms with Crippen molar-refractivity contribution in [1.29, 1.82) is 5.26 Å². The van der Waals surface area contributed by atoms with E-state index in [2.05, 4.69) is 54.1 Å². The Balaban J connectivity index is 1.48. The predicted octanol–water partition coefficient (Wildman–Crippen LogP) is 4.91. The first-order valence-corrected chi connectivity index (χ1v) is 9.56. The molecule has 0 aliphatic carbocycles. The Morgan fingerprint density at radius 1 is 1.26 bits per heavy atom. The van der Waals surface area contributed by atoms with Crippen LogP contribution in [0.15, 0.2) is 59.3 Å². The Kier molecular flexibility index (Phi) is 4.49. The maximum atomic E-state index is 9.98. The number of likely N-dealkylation sites (tertiary alicyclic amines) is 1. The van der Waals surface area contributed by atoms with Crippen molar-refractivity contribution in [2.45, 2.75) is 38.6 Å². The lowest BCUT2D eigenvalue weighted by Gasteiger charge is -2.36. The number of aryl methyl sites for hydroxylation is 1. The lowest BCUT2D eigenvalue weighted by Crippen LogP contribution is -2.41. The Labute approximate surface area is 160 Å². The van der Waals surface area contributed by atoms with Gasteiger partial charge in [-0.05, 0) is 62.9 Å². The van der Waals surface area contributed by atoms with E-state index in [0.29, 0.717) is 0 Å². The van der Waals surface area contributed by atoms with E-state index in [1.54, 1.807) is 6.26 Å². The molecule has 138 valence electrons. The molecule has 1 saturated heterocycles. The van der Waals surface area contributed by atoms with E-state index in [0.717, 1.165) is 49.0 Å². The number of hydrogen-bond acceptors (Lipinski definition) is 4. The molecule has 4 nitrogen and oxygen atoms in total. The Morgan fingerprint density at radius 3 is 2.93 bits per heavy atom. The molecule has 0 amide bonds. The number of aromatic nitrogens is 1. The predicted molar refractivity (Wildman–Crippen MR) is 106 cm³/mol. The highest BCUT2D eigenvalue weighted by Gasteiger charge is 2.44. The largest absolute Gasteiger partial charge is 0.464 e. The molecule has 0 radical (unpaired) electrons. The monoisotopic (exact) mass is 359 g/mol. The van der Waals surface area contributed by atoms with Crippen molar-refractivity contribution in [2.24, 2.45) is 5.41 Å². The number of rotatable bonds is 5. The van der Waals surface area contributed by atoms with Gasteiger partial charge in [0.15, 0.2) is 0 Å². The van der Waals surface area contributed by atoms with Gasteiger partial charge in [-0.25, -0.2) is 0 Å². The maximum absolute atomic E-state index is 9.98. The van der Waals surface area contributed by atoms with Gasteiger partial charge in [-0.15, -0.1) is 0 Å². The van der Waals surface area contributed by atoms with E-state index in [4.69, 9.17) is 4.42 Å². The number of nitrogens with zero attached hydrogens (tertiary/aromatic N) is 3. The second kappa shape index (κ2) is 6.83. The van der Waals surface area contributed by atoms with Crippen LogP contribution >= 0.6 is 0 Å². The first-order valence-electron chi connectivity index (χ1n) is 9.56. The first-order chi connectivity index (χ1) is 13.0. The molecule has 2 aromatic heterocycles. The minimum atomic E-state index is -0.301. The van der Waals surface area contributed by atoms with Gasteiger partial charge in [-0.3, -0.25) is 9.88 Å². The number of benzene rings is 1. The van der Waals surface area contributed by atoms with Gasteiger partial charge in [-0.1, -0.05) is 18.2 Å². The average molecular weight is 359 g/mol. The fraction of sp³-hybridized carbons (Fsp3) is 0.391. The Bertz CT molecular complexity index is 970. The molecule has 0 N–H and O–H groups in total. The fourth-order valence-corrected chi connectivity index (χ4v) is 4.13. The topological polar surface area (TPSA) is 53.1 Å². The van der Waals surface area contributed by atoms with E-state index >= 15 is 0 Å². The summed E-state index contributed by atoms with van der Waals surface area (Å²) in [5.74, 6) is 0. The molecular formula is C23H25N3O. The van der Waals surface area contributed by atoms with Gasteiger partial charge in [0.05, 0.1) is 29.0 Å². The molecule has 1 aliphatic heterocycles. The minimum absolute atomic E-state index is 0.174. The summed E-state index contributed by atoms with van der Waals surface area (Å²) in [5, 5.41) is 11.1. The highest BCUT2D eigenvalue weighted by Crippen LogP contribution is 2.40. The van der Waals surface area contributed by atoms with Gasteiger partial charge < -0.3 is 4.42 Å². The normalized spacial score (nSPS) is 20.8. The zero-order valence-corrected chi connectivity index (χ0v) is 16.0. The van der Waals surface area contributed by atoms with Gasteiger partial charge in [-0.2, -0.15) is 5.26 Å². The first kappa shape index (κ1) is 17.8. The van der Waals surface area contributed by atoms with Gasteiger partial charge >= 0.3 is 0 Å². The van der Waals surface area contributed by atoms with Crippen LogP contribution in [-0.2, 0) is 12.0 Å². The maximum Gasteiger partial charge on any atom is 0.134 e. The minimum Gasteiger partial charge on any atom is -0.464 e. The number of pyridine rings is 1. The van der Waals surface area contributed by atoms with Crippen molar-refractivity contribution in [3.63, 3.8) is 0 Å². The molecule has 1 aromatic carbocycles. The van der Waals surface area contributed by atoms with Gasteiger partial charge in [0, 0.05) is 24.7 Å². The highest BCUT2D eigenvalue weighted by molar-refractivity contribution is 5.77. The fourth-order valence-electron chi connectivity index (χ4n) is 4.13. The highest BCUT2D eigenvalue weighted by atomic mass is 16.3. The third-order valence-electron chi connectivity index (χ3n) is 6.09. The molecule has 0 spiro atoms. The summed E-state index contributed by atoms with van der Waals surface area (Å²) in [6, 6.07) is 17.0. The summed E-state index contributed by atoms with van der Waals surface area (Å²) >= 11 is 0. The summed E-state index contributed by atoms with van der Waals surface area (Å²) in [6.45, 7) is 6.12. The lowest BCUT2D eigenvalue weighted by molar-refractivity contribution is 0.136. The van der Waals surface area contributed by atoms with Crippen molar-refractivity contribution in [3.8, 4) is 6.07 Å². The zero-order valence-electron chi connectivity index (χ0n) is 16.0. The van der Waals surface area contributed by atoms with E-state index < -0.39 is 0 Å². The van der Waals surface area contributed by atoms with Crippen LogP contribution in [-0.4, -0.2) is 23.0 Å². The molecule has 4 rings (SSSR count). The number of fused-ring (bicyclic) bond motifs is 1. The molecule has 4 heteroatoms. The molecule has 1 aliphatic rings. The van der Waals surface area contributed by atoms with E-state index in [1.165, 1.54) is 5.56 Å². The SMILES string of the molecule is CC(C)(c1ccccn1)N1CC[C@](C#N)(CCc2ccc3ccoc3c2)C1. The molecule has 1 atom stereocenters. The second-order valence-corrected chi connectivity index (χ2v) is 8.13. The van der Waals surface area contributed by atoms with Crippen molar-refractivity contribution in [2.75, 3.05) is 13.1 Å². The quantitative estimate of drug-likeness (QED) is 0.649. The summed E-state index contributed by atoms with van der Waals surface area (Å²) in [4.78, 5) is 6.96. The molecular weight excluding hydrogens is 334 g/mol. The molecule has 1 fully saturated rings. The number of nitriles is 1. The molecule has 0 saturated carbocycles. The van der Waals surface area contributed by atoms with Gasteiger partial charge in [0.1, 0.15) is 5.58 Å². The van der Waals surface area contributed by atoms with E-state index in [9.17, 15) is 5.26 Å². The summed E-state index contributed by atoms with van der Waals surface area (Å²) in [6.07, 6.45) is 6.23. The molecule has 0 unspecified atom stereocenters. The van der Waals surface area contributed by atoms with Crippen molar-refractivity contribution in [1.82, 2.24) is 9.88 Å². The van der Waals surface area contributed by atoms with Crippen LogP contribution in [0.2, 0.25) is 0 Å². The van der Waals surface area contributed by atoms with Crippen LogP contribution in [0.5, 0.6) is 0 Å². The standard InChI is InChI=1S/C23H25N3O/c1-22(2,21-5-3-4-12-25-21)26-13-11-23(16-24,17-26)10-8-18-6-7-19-9-14-27-20(19)15-18/h3-7,9,12,14-15H,8,10-11,13,17H2,1-2H3/t23-/m0/s1. The number of furan rings is 1. The molecule has 3 aromatic rings. The lowest BCUT2D eigenvalue weighted by atomic mass is 9.82. The van der Waals surface area contributed by atoms with Crippen LogP contribution in [0.3, 0.4) is 0 Å². The van der Waals surface area contributed by atoms with E-state index in [-0.39, 0.29) is 11.0 Å². The smallest absolute Gasteiger partial charge is 0.134 e. The Morgan fingerprint density at radius 2 is 2.15 bits per heavy atom. The van der Waals surface area contributed by atoms with Crippen molar-refractivity contribution in [3.05, 3.63) is 66.2 Å². The average Bonchev–Trinajstić information content (AvgIpc) is 3.34. The molecule has 3 heterocycles. The third kappa shape index (κ3) is 3.36. The second-order valence-electron chi connectivity index (χ2n) is 8.13. The van der Waals surface area contributed by atoms with Crippen LogP contribution in [0.1, 0.15) is 37.9 Å². The number of hydrogen-bond donors (Lipinski definition) is 0. The van der Waals surface area contributed by atoms with E-state index in [1.807, 2.05) is 24.4 Å². The zero-order chi connectivity index (χ0) is 18.9. The van der Waals surface area contributed by atoms with Crippen molar-refractivity contribution >= 4 is 11.0 Å². The van der Waals surface area contributed by atoms with Gasteiger partial charge in [0.2, 0.25) is 0 Å². The van der Waals surface area contributed by atoms with Crippen LogP contribution in [0.4, 0.5) is 0 Å². The van der Waals surface area contributed by atoms with Crippen LogP contribution in [0.25, 0.3) is 11.0 Å².